The van der Waals surface area contributed by atoms with Crippen LogP contribution in [0.4, 0.5) is 4.39 Å². The van der Waals surface area contributed by atoms with E-state index in [1.165, 1.54) is 24.3 Å². The molecule has 5 nitrogen and oxygen atoms in total. The van der Waals surface area contributed by atoms with Crippen molar-refractivity contribution in [2.75, 3.05) is 26.2 Å². The molecule has 1 unspecified atom stereocenters. The van der Waals surface area contributed by atoms with Gasteiger partial charge in [0.05, 0.1) is 18.5 Å². The van der Waals surface area contributed by atoms with E-state index in [2.05, 4.69) is 10.0 Å². The van der Waals surface area contributed by atoms with Crippen LogP contribution in [0, 0.1) is 5.82 Å². The lowest BCUT2D eigenvalue weighted by Gasteiger charge is -2.23. The van der Waals surface area contributed by atoms with Crippen molar-refractivity contribution in [3.05, 3.63) is 35.6 Å². The van der Waals surface area contributed by atoms with Gasteiger partial charge in [0.15, 0.2) is 0 Å². The average molecular weight is 288 g/mol. The topological polar surface area (TPSA) is 67.4 Å². The number of nitrogens with one attached hydrogen (secondary N) is 2. The van der Waals surface area contributed by atoms with Gasteiger partial charge in [-0.2, -0.15) is 0 Å². The molecule has 0 bridgehead atoms. The van der Waals surface area contributed by atoms with E-state index in [0.717, 1.165) is 6.54 Å². The molecule has 2 N–H and O–H groups in total. The molecule has 0 radical (unpaired) electrons. The van der Waals surface area contributed by atoms with E-state index in [1.807, 2.05) is 0 Å². The minimum absolute atomic E-state index is 0.142. The molecule has 1 atom stereocenters. The Labute approximate surface area is 112 Å². The van der Waals surface area contributed by atoms with E-state index in [-0.39, 0.29) is 24.2 Å². The summed E-state index contributed by atoms with van der Waals surface area (Å²) >= 11 is 0. The summed E-state index contributed by atoms with van der Waals surface area (Å²) in [5.74, 6) is -0.538. The fraction of sp³-hybridized carbons (Fsp3) is 0.500. The van der Waals surface area contributed by atoms with Gasteiger partial charge in [-0.15, -0.1) is 0 Å². The monoisotopic (exact) mass is 288 g/mol. The third-order valence-electron chi connectivity index (χ3n) is 2.81. The molecule has 1 aliphatic rings. The Hall–Kier alpha value is -1.02. The SMILES string of the molecule is O=S(=O)(Cc1ccc(F)cc1)NCC1CNCCO1. The molecule has 1 saturated heterocycles. The highest BCUT2D eigenvalue weighted by Gasteiger charge is 2.17. The van der Waals surface area contributed by atoms with Crippen LogP contribution in [-0.4, -0.2) is 40.8 Å². The summed E-state index contributed by atoms with van der Waals surface area (Å²) in [6.07, 6.45) is -0.142. The number of sulfonamides is 1. The Balaban J connectivity index is 1.85. The standard InChI is InChI=1S/C12H17FN2O3S/c13-11-3-1-10(2-4-11)9-19(16,17)15-8-12-7-14-5-6-18-12/h1-4,12,14-15H,5-9H2. The molecule has 0 aliphatic carbocycles. The van der Waals surface area contributed by atoms with Crippen molar-refractivity contribution in [3.8, 4) is 0 Å². The van der Waals surface area contributed by atoms with Crippen LogP contribution in [0.5, 0.6) is 0 Å². The number of rotatable bonds is 5. The van der Waals surface area contributed by atoms with Crippen molar-refractivity contribution < 1.29 is 17.5 Å². The molecule has 0 spiro atoms. The van der Waals surface area contributed by atoms with Crippen molar-refractivity contribution in [2.24, 2.45) is 0 Å². The molecule has 1 fully saturated rings. The van der Waals surface area contributed by atoms with Gasteiger partial charge in [0, 0.05) is 19.6 Å². The highest BCUT2D eigenvalue weighted by molar-refractivity contribution is 7.88. The number of halogens is 1. The molecule has 0 aromatic heterocycles. The van der Waals surface area contributed by atoms with Crippen molar-refractivity contribution in [2.45, 2.75) is 11.9 Å². The molecule has 1 aliphatic heterocycles. The zero-order valence-electron chi connectivity index (χ0n) is 10.4. The number of ether oxygens (including phenoxy) is 1. The van der Waals surface area contributed by atoms with Gasteiger partial charge in [-0.3, -0.25) is 0 Å². The number of hydrogen-bond donors (Lipinski definition) is 2. The van der Waals surface area contributed by atoms with E-state index in [9.17, 15) is 12.8 Å². The fourth-order valence-electron chi connectivity index (χ4n) is 1.82. The first-order valence-corrected chi connectivity index (χ1v) is 7.74. The van der Waals surface area contributed by atoms with Crippen LogP contribution in [0.2, 0.25) is 0 Å². The van der Waals surface area contributed by atoms with Crippen LogP contribution in [0.3, 0.4) is 0 Å². The molecule has 106 valence electrons. The molecule has 1 aromatic carbocycles. The highest BCUT2D eigenvalue weighted by atomic mass is 32.2. The van der Waals surface area contributed by atoms with E-state index in [0.29, 0.717) is 18.7 Å². The van der Waals surface area contributed by atoms with E-state index in [4.69, 9.17) is 4.74 Å². The van der Waals surface area contributed by atoms with Crippen LogP contribution >= 0.6 is 0 Å². The van der Waals surface area contributed by atoms with Gasteiger partial charge in [0.25, 0.3) is 0 Å². The van der Waals surface area contributed by atoms with Gasteiger partial charge < -0.3 is 10.1 Å². The lowest BCUT2D eigenvalue weighted by molar-refractivity contribution is 0.0324. The summed E-state index contributed by atoms with van der Waals surface area (Å²) in [6, 6.07) is 5.43. The van der Waals surface area contributed by atoms with E-state index in [1.54, 1.807) is 0 Å². The van der Waals surface area contributed by atoms with Crippen molar-refractivity contribution in [3.63, 3.8) is 0 Å². The predicted molar refractivity (Wildman–Crippen MR) is 69.6 cm³/mol. The largest absolute Gasteiger partial charge is 0.374 e. The van der Waals surface area contributed by atoms with Gasteiger partial charge in [0.1, 0.15) is 5.82 Å². The quantitative estimate of drug-likeness (QED) is 0.814. The highest BCUT2D eigenvalue weighted by Crippen LogP contribution is 2.07. The van der Waals surface area contributed by atoms with Gasteiger partial charge in [-0.1, -0.05) is 12.1 Å². The second kappa shape index (κ2) is 6.42. The minimum Gasteiger partial charge on any atom is -0.374 e. The Morgan fingerprint density at radius 3 is 2.74 bits per heavy atom. The van der Waals surface area contributed by atoms with E-state index < -0.39 is 10.0 Å². The molecular formula is C12H17FN2O3S. The van der Waals surface area contributed by atoms with Gasteiger partial charge in [0.2, 0.25) is 10.0 Å². The van der Waals surface area contributed by atoms with Gasteiger partial charge in [-0.25, -0.2) is 17.5 Å². The van der Waals surface area contributed by atoms with Crippen molar-refractivity contribution in [1.29, 1.82) is 0 Å². The van der Waals surface area contributed by atoms with Gasteiger partial charge >= 0.3 is 0 Å². The molecule has 2 rings (SSSR count). The summed E-state index contributed by atoms with van der Waals surface area (Å²) in [4.78, 5) is 0. The maximum atomic E-state index is 12.7. The summed E-state index contributed by atoms with van der Waals surface area (Å²) in [5, 5.41) is 3.13. The number of benzene rings is 1. The molecule has 0 saturated carbocycles. The van der Waals surface area contributed by atoms with Crippen LogP contribution in [0.15, 0.2) is 24.3 Å². The maximum absolute atomic E-state index is 12.7. The predicted octanol–water partition coefficient (Wildman–Crippen LogP) is 0.234. The molecule has 7 heteroatoms. The zero-order chi connectivity index (χ0) is 13.7. The van der Waals surface area contributed by atoms with Gasteiger partial charge in [-0.05, 0) is 17.7 Å². The number of hydrogen-bond acceptors (Lipinski definition) is 4. The maximum Gasteiger partial charge on any atom is 0.215 e. The summed E-state index contributed by atoms with van der Waals surface area (Å²) < 4.78 is 44.3. The van der Waals surface area contributed by atoms with E-state index >= 15 is 0 Å². The van der Waals surface area contributed by atoms with Crippen LogP contribution in [-0.2, 0) is 20.5 Å². The molecule has 19 heavy (non-hydrogen) atoms. The third-order valence-corrected chi connectivity index (χ3v) is 4.13. The zero-order valence-corrected chi connectivity index (χ0v) is 11.2. The second-order valence-corrected chi connectivity index (χ2v) is 6.24. The number of morpholine rings is 1. The first-order valence-electron chi connectivity index (χ1n) is 6.09. The second-order valence-electron chi connectivity index (χ2n) is 4.43. The lowest BCUT2D eigenvalue weighted by atomic mass is 10.2. The molecule has 1 aromatic rings. The summed E-state index contributed by atoms with van der Waals surface area (Å²) in [5.41, 5.74) is 0.552. The van der Waals surface area contributed by atoms with Crippen molar-refractivity contribution in [1.82, 2.24) is 10.0 Å². The Kier molecular flexibility index (Phi) is 4.87. The summed E-state index contributed by atoms with van der Waals surface area (Å²) in [6.45, 7) is 2.26. The first-order chi connectivity index (χ1) is 9.05. The molecule has 0 amide bonds. The minimum atomic E-state index is -3.43. The first kappa shape index (κ1) is 14.4. The Morgan fingerprint density at radius 2 is 2.11 bits per heavy atom. The van der Waals surface area contributed by atoms with Crippen LogP contribution in [0.25, 0.3) is 0 Å². The van der Waals surface area contributed by atoms with Crippen LogP contribution in [0.1, 0.15) is 5.56 Å². The fourth-order valence-corrected chi connectivity index (χ4v) is 2.99. The molecular weight excluding hydrogens is 271 g/mol. The van der Waals surface area contributed by atoms with Crippen LogP contribution < -0.4 is 10.0 Å². The third kappa shape index (κ3) is 4.87. The average Bonchev–Trinajstić information content (AvgIpc) is 2.40. The summed E-state index contributed by atoms with van der Waals surface area (Å²) in [7, 11) is -3.43. The normalized spacial score (nSPS) is 20.4. The lowest BCUT2D eigenvalue weighted by Crippen LogP contribution is -2.45. The Bertz CT molecular complexity index is 498. The molecule has 1 heterocycles. The Morgan fingerprint density at radius 1 is 1.37 bits per heavy atom. The van der Waals surface area contributed by atoms with Crippen molar-refractivity contribution >= 4 is 10.0 Å². The smallest absolute Gasteiger partial charge is 0.215 e.